The second-order valence-corrected chi connectivity index (χ2v) is 5.21. The van der Waals surface area contributed by atoms with Gasteiger partial charge in [0.15, 0.2) is 0 Å². The van der Waals surface area contributed by atoms with E-state index in [1.165, 1.54) is 0 Å². The summed E-state index contributed by atoms with van der Waals surface area (Å²) in [5.41, 5.74) is 4.13. The molecule has 0 radical (unpaired) electrons. The van der Waals surface area contributed by atoms with Crippen LogP contribution in [0.2, 0.25) is 0 Å². The average molecular weight is 308 g/mol. The van der Waals surface area contributed by atoms with Crippen molar-refractivity contribution in [3.63, 3.8) is 0 Å². The van der Waals surface area contributed by atoms with Gasteiger partial charge in [0.25, 0.3) is 0 Å². The Hall–Kier alpha value is -1.55. The number of aryl methyl sites for hydroxylation is 2. The molecule has 0 unspecified atom stereocenters. The average Bonchev–Trinajstić information content (AvgIpc) is 2.59. The van der Waals surface area contributed by atoms with E-state index in [4.69, 9.17) is 5.11 Å². The van der Waals surface area contributed by atoms with Crippen LogP contribution in [0.5, 0.6) is 0 Å². The predicted molar refractivity (Wildman–Crippen MR) is 74.6 cm³/mol. The smallest absolute Gasteiger partial charge is 0.337 e. The van der Waals surface area contributed by atoms with Crippen molar-refractivity contribution < 1.29 is 9.90 Å². The van der Waals surface area contributed by atoms with Crippen molar-refractivity contribution in [3.8, 4) is 5.69 Å². The van der Waals surface area contributed by atoms with E-state index >= 15 is 0 Å². The van der Waals surface area contributed by atoms with E-state index in [0.717, 1.165) is 27.1 Å². The summed E-state index contributed by atoms with van der Waals surface area (Å²) in [6, 6.07) is 7.71. The van der Waals surface area contributed by atoms with Crippen molar-refractivity contribution in [2.45, 2.75) is 20.8 Å². The molecule has 0 aliphatic carbocycles. The van der Waals surface area contributed by atoms with Crippen molar-refractivity contribution in [1.29, 1.82) is 0 Å². The molecule has 2 aromatic rings. The first-order chi connectivity index (χ1) is 8.41. The minimum Gasteiger partial charge on any atom is -0.478 e. The Morgan fingerprint density at radius 2 is 1.89 bits per heavy atom. The minimum atomic E-state index is -0.888. The number of hydrogen-bond donors (Lipinski definition) is 1. The van der Waals surface area contributed by atoms with Crippen molar-refractivity contribution in [2.75, 3.05) is 0 Å². The molecule has 0 bridgehead atoms. The molecular weight excluding hydrogens is 294 g/mol. The maximum Gasteiger partial charge on any atom is 0.337 e. The lowest BCUT2D eigenvalue weighted by Gasteiger charge is -2.11. The van der Waals surface area contributed by atoms with Crippen LogP contribution >= 0.6 is 15.9 Å². The fraction of sp³-hybridized carbons (Fsp3) is 0.214. The summed E-state index contributed by atoms with van der Waals surface area (Å²) in [4.78, 5) is 11.1. The molecule has 0 aliphatic heterocycles. The Morgan fingerprint density at radius 3 is 2.39 bits per heavy atom. The summed E-state index contributed by atoms with van der Waals surface area (Å²) in [6.45, 7) is 5.75. The molecule has 1 heterocycles. The molecule has 1 N–H and O–H groups in total. The zero-order chi connectivity index (χ0) is 13.4. The highest BCUT2D eigenvalue weighted by Crippen LogP contribution is 2.25. The van der Waals surface area contributed by atoms with E-state index < -0.39 is 5.97 Å². The van der Waals surface area contributed by atoms with Gasteiger partial charge in [-0.1, -0.05) is 22.0 Å². The number of halogens is 1. The molecule has 0 spiro atoms. The first-order valence-electron chi connectivity index (χ1n) is 5.60. The number of benzene rings is 1. The lowest BCUT2D eigenvalue weighted by molar-refractivity contribution is 0.0696. The van der Waals surface area contributed by atoms with Crippen LogP contribution in [0.1, 0.15) is 27.3 Å². The topological polar surface area (TPSA) is 42.2 Å². The van der Waals surface area contributed by atoms with Crippen molar-refractivity contribution >= 4 is 21.9 Å². The second-order valence-electron chi connectivity index (χ2n) is 4.36. The van der Waals surface area contributed by atoms with Crippen molar-refractivity contribution in [3.05, 3.63) is 51.3 Å². The van der Waals surface area contributed by atoms with E-state index in [2.05, 4.69) is 15.9 Å². The molecule has 0 aliphatic rings. The number of carbonyl (C=O) groups is 1. The van der Waals surface area contributed by atoms with Gasteiger partial charge in [0.05, 0.1) is 5.56 Å². The zero-order valence-electron chi connectivity index (χ0n) is 10.5. The molecule has 0 fully saturated rings. The highest BCUT2D eigenvalue weighted by Gasteiger charge is 2.15. The van der Waals surface area contributed by atoms with Crippen LogP contribution in [0.4, 0.5) is 0 Å². The van der Waals surface area contributed by atoms with Gasteiger partial charge < -0.3 is 9.67 Å². The number of aromatic carboxylic acids is 1. The van der Waals surface area contributed by atoms with Gasteiger partial charge in [0.2, 0.25) is 0 Å². The summed E-state index contributed by atoms with van der Waals surface area (Å²) in [5, 5.41) is 9.13. The molecule has 0 amide bonds. The van der Waals surface area contributed by atoms with Crippen LogP contribution < -0.4 is 0 Å². The van der Waals surface area contributed by atoms with Gasteiger partial charge in [-0.3, -0.25) is 0 Å². The van der Waals surface area contributed by atoms with E-state index in [0.29, 0.717) is 5.56 Å². The van der Waals surface area contributed by atoms with E-state index in [-0.39, 0.29) is 0 Å². The molecule has 3 nitrogen and oxygen atoms in total. The van der Waals surface area contributed by atoms with Gasteiger partial charge in [-0.25, -0.2) is 4.79 Å². The number of rotatable bonds is 2. The summed E-state index contributed by atoms with van der Waals surface area (Å²) in [6.07, 6.45) is 0. The molecule has 0 saturated carbocycles. The Labute approximate surface area is 114 Å². The summed E-state index contributed by atoms with van der Waals surface area (Å²) in [5.74, 6) is -0.888. The molecule has 0 saturated heterocycles. The van der Waals surface area contributed by atoms with Gasteiger partial charge in [-0.05, 0) is 44.5 Å². The first-order valence-corrected chi connectivity index (χ1v) is 6.40. The first kappa shape index (κ1) is 12.9. The van der Waals surface area contributed by atoms with Gasteiger partial charge in [-0.15, -0.1) is 0 Å². The van der Waals surface area contributed by atoms with Gasteiger partial charge in [0.1, 0.15) is 0 Å². The van der Waals surface area contributed by atoms with Crippen LogP contribution in [0.25, 0.3) is 5.69 Å². The van der Waals surface area contributed by atoms with E-state index in [1.54, 1.807) is 6.07 Å². The molecule has 94 valence electrons. The van der Waals surface area contributed by atoms with E-state index in [9.17, 15) is 4.79 Å². The third-order valence-electron chi connectivity index (χ3n) is 3.08. The van der Waals surface area contributed by atoms with Crippen LogP contribution in [0, 0.1) is 20.8 Å². The molecule has 1 aromatic heterocycles. The zero-order valence-corrected chi connectivity index (χ0v) is 12.1. The fourth-order valence-electron chi connectivity index (χ4n) is 2.10. The third kappa shape index (κ3) is 2.08. The monoisotopic (exact) mass is 307 g/mol. The Morgan fingerprint density at radius 1 is 1.22 bits per heavy atom. The maximum atomic E-state index is 11.1. The number of aromatic nitrogens is 1. The standard InChI is InChI=1S/C14H14BrNO2/c1-8-4-5-11(7-13(8)15)16-9(2)6-12(10(16)3)14(17)18/h4-7H,1-3H3,(H,17,18). The Balaban J connectivity index is 2.64. The quantitative estimate of drug-likeness (QED) is 0.915. The number of carboxylic acids is 1. The molecule has 4 heteroatoms. The summed E-state index contributed by atoms with van der Waals surface area (Å²) >= 11 is 3.50. The summed E-state index contributed by atoms with van der Waals surface area (Å²) < 4.78 is 2.97. The second kappa shape index (κ2) is 4.61. The summed E-state index contributed by atoms with van der Waals surface area (Å²) in [7, 11) is 0. The number of hydrogen-bond acceptors (Lipinski definition) is 1. The Kier molecular flexibility index (Phi) is 3.30. The highest BCUT2D eigenvalue weighted by atomic mass is 79.9. The minimum absolute atomic E-state index is 0.351. The van der Waals surface area contributed by atoms with Crippen LogP contribution in [0.15, 0.2) is 28.7 Å². The lowest BCUT2D eigenvalue weighted by atomic mass is 10.2. The van der Waals surface area contributed by atoms with Gasteiger partial charge in [-0.2, -0.15) is 0 Å². The van der Waals surface area contributed by atoms with Crippen LogP contribution in [-0.2, 0) is 0 Å². The number of carboxylic acid groups (broad SMARTS) is 1. The van der Waals surface area contributed by atoms with Crippen molar-refractivity contribution in [1.82, 2.24) is 4.57 Å². The highest BCUT2D eigenvalue weighted by molar-refractivity contribution is 9.10. The third-order valence-corrected chi connectivity index (χ3v) is 3.93. The van der Waals surface area contributed by atoms with Crippen LogP contribution in [0.3, 0.4) is 0 Å². The molecule has 18 heavy (non-hydrogen) atoms. The lowest BCUT2D eigenvalue weighted by Crippen LogP contribution is -2.02. The van der Waals surface area contributed by atoms with Gasteiger partial charge in [0, 0.05) is 21.5 Å². The predicted octanol–water partition coefficient (Wildman–Crippen LogP) is 3.86. The number of nitrogens with zero attached hydrogens (tertiary/aromatic N) is 1. The fourth-order valence-corrected chi connectivity index (χ4v) is 2.46. The van der Waals surface area contributed by atoms with E-state index in [1.807, 2.05) is 43.5 Å². The maximum absolute atomic E-state index is 11.1. The Bertz CT molecular complexity index is 629. The normalized spacial score (nSPS) is 10.7. The molecule has 2 rings (SSSR count). The van der Waals surface area contributed by atoms with Crippen LogP contribution in [-0.4, -0.2) is 15.6 Å². The van der Waals surface area contributed by atoms with Gasteiger partial charge >= 0.3 is 5.97 Å². The SMILES string of the molecule is Cc1ccc(-n2c(C)cc(C(=O)O)c2C)cc1Br. The molecule has 0 atom stereocenters. The molecule has 1 aromatic carbocycles. The molecular formula is C14H14BrNO2. The van der Waals surface area contributed by atoms with Crippen molar-refractivity contribution in [2.24, 2.45) is 0 Å². The largest absolute Gasteiger partial charge is 0.478 e.